The molecule has 0 unspecified atom stereocenters. The SMILES string of the molecule is [B]C([B])(O)Oc1cc(OC(F)(F)F)ccc1Oc1ccc(C(F)(F)F)c(F)c1C(=O)Nc1cccc(Br)n1. The van der Waals surface area contributed by atoms with Gasteiger partial charge in [0.2, 0.25) is 0 Å². The molecule has 0 fully saturated rings. The van der Waals surface area contributed by atoms with Crippen molar-refractivity contribution in [2.24, 2.45) is 0 Å². The number of nitrogens with zero attached hydrogens (tertiary/aromatic N) is 1. The number of carbonyl (C=O) groups excluding carboxylic acids is 1. The summed E-state index contributed by atoms with van der Waals surface area (Å²) in [4.78, 5) is 16.7. The van der Waals surface area contributed by atoms with Crippen LogP contribution in [0.15, 0.2) is 53.1 Å². The molecule has 1 aromatic heterocycles. The van der Waals surface area contributed by atoms with Crippen LogP contribution in [0.25, 0.3) is 0 Å². The van der Waals surface area contributed by atoms with Gasteiger partial charge in [0.25, 0.3) is 5.91 Å². The zero-order valence-corrected chi connectivity index (χ0v) is 19.9. The Hall–Kier alpha value is -3.46. The number of anilines is 1. The van der Waals surface area contributed by atoms with Crippen molar-refractivity contribution in [3.05, 3.63) is 70.1 Å². The number of benzene rings is 2. The Kier molecular flexibility index (Phi) is 8.21. The van der Waals surface area contributed by atoms with Crippen LogP contribution in [0.2, 0.25) is 0 Å². The van der Waals surface area contributed by atoms with Crippen LogP contribution in [0.5, 0.6) is 23.0 Å². The average Bonchev–Trinajstić information content (AvgIpc) is 2.72. The topological polar surface area (TPSA) is 89.9 Å². The highest BCUT2D eigenvalue weighted by Crippen LogP contribution is 2.41. The maximum Gasteiger partial charge on any atom is 0.573 e. The monoisotopic (exact) mass is 604 g/mol. The van der Waals surface area contributed by atoms with Crippen LogP contribution in [0, 0.1) is 5.82 Å². The molecule has 0 aliphatic carbocycles. The van der Waals surface area contributed by atoms with E-state index in [4.69, 9.17) is 25.2 Å². The second-order valence-electron chi connectivity index (χ2n) is 7.21. The molecule has 3 aromatic rings. The summed E-state index contributed by atoms with van der Waals surface area (Å²) >= 11 is 3.03. The highest BCUT2D eigenvalue weighted by atomic mass is 79.9. The smallest absolute Gasteiger partial charge is 0.478 e. The summed E-state index contributed by atoms with van der Waals surface area (Å²) in [6.07, 6.45) is -10.4. The van der Waals surface area contributed by atoms with Crippen molar-refractivity contribution in [3.63, 3.8) is 0 Å². The largest absolute Gasteiger partial charge is 0.573 e. The summed E-state index contributed by atoms with van der Waals surface area (Å²) in [6.45, 7) is 0. The van der Waals surface area contributed by atoms with Crippen molar-refractivity contribution in [1.82, 2.24) is 4.98 Å². The van der Waals surface area contributed by atoms with Crippen LogP contribution in [-0.2, 0) is 6.18 Å². The van der Waals surface area contributed by atoms with Crippen LogP contribution in [0.4, 0.5) is 36.6 Å². The van der Waals surface area contributed by atoms with Crippen LogP contribution in [-0.4, -0.2) is 43.6 Å². The van der Waals surface area contributed by atoms with Crippen LogP contribution < -0.4 is 19.5 Å². The van der Waals surface area contributed by atoms with E-state index in [0.29, 0.717) is 18.2 Å². The van der Waals surface area contributed by atoms with Gasteiger partial charge in [0.1, 0.15) is 33.1 Å². The third kappa shape index (κ3) is 7.77. The zero-order valence-electron chi connectivity index (χ0n) is 18.3. The van der Waals surface area contributed by atoms with E-state index in [9.17, 15) is 36.2 Å². The lowest BCUT2D eigenvalue weighted by Crippen LogP contribution is -2.36. The quantitative estimate of drug-likeness (QED) is 0.165. The van der Waals surface area contributed by atoms with Gasteiger partial charge in [0, 0.05) is 6.07 Å². The Morgan fingerprint density at radius 1 is 0.947 bits per heavy atom. The number of ether oxygens (including phenoxy) is 3. The van der Waals surface area contributed by atoms with Crippen molar-refractivity contribution in [3.8, 4) is 23.0 Å². The van der Waals surface area contributed by atoms with E-state index in [1.807, 2.05) is 0 Å². The molecule has 0 aliphatic rings. The fourth-order valence-electron chi connectivity index (χ4n) is 2.87. The fourth-order valence-corrected chi connectivity index (χ4v) is 3.22. The molecule has 17 heteroatoms. The first kappa shape index (κ1) is 29.1. The van der Waals surface area contributed by atoms with Crippen molar-refractivity contribution in [2.75, 3.05) is 5.32 Å². The maximum absolute atomic E-state index is 15.0. The molecule has 196 valence electrons. The Bertz CT molecular complexity index is 1350. The molecule has 0 atom stereocenters. The van der Waals surface area contributed by atoms with E-state index < -0.39 is 64.0 Å². The van der Waals surface area contributed by atoms with Gasteiger partial charge in [-0.15, -0.1) is 13.2 Å². The van der Waals surface area contributed by atoms with Gasteiger partial charge in [-0.25, -0.2) is 9.37 Å². The van der Waals surface area contributed by atoms with Gasteiger partial charge in [-0.3, -0.25) is 4.79 Å². The summed E-state index contributed by atoms with van der Waals surface area (Å²) in [5, 5.41) is 11.6. The van der Waals surface area contributed by atoms with Crippen LogP contribution in [0.1, 0.15) is 15.9 Å². The first-order valence-corrected chi connectivity index (χ1v) is 10.6. The summed E-state index contributed by atoms with van der Waals surface area (Å²) in [5.74, 6) is -6.85. The third-order valence-electron chi connectivity index (χ3n) is 4.24. The molecule has 1 heterocycles. The average molecular weight is 605 g/mol. The molecule has 0 saturated heterocycles. The molecular weight excluding hydrogens is 595 g/mol. The number of halogens is 8. The van der Waals surface area contributed by atoms with Gasteiger partial charge in [0.15, 0.2) is 33.0 Å². The Labute approximate surface area is 219 Å². The Morgan fingerprint density at radius 3 is 2.18 bits per heavy atom. The van der Waals surface area contributed by atoms with Crippen molar-refractivity contribution < 1.29 is 54.8 Å². The van der Waals surface area contributed by atoms with Gasteiger partial charge in [-0.05, 0) is 52.3 Å². The van der Waals surface area contributed by atoms with Gasteiger partial charge in [-0.2, -0.15) is 13.2 Å². The lowest BCUT2D eigenvalue weighted by molar-refractivity contribution is -0.274. The molecule has 2 N–H and O–H groups in total. The lowest BCUT2D eigenvalue weighted by Gasteiger charge is -2.24. The minimum Gasteiger partial charge on any atom is -0.478 e. The zero-order chi connectivity index (χ0) is 28.5. The predicted molar refractivity (Wildman–Crippen MR) is 122 cm³/mol. The number of amides is 1. The number of nitrogens with one attached hydrogen (secondary N) is 1. The Balaban J connectivity index is 2.10. The first-order chi connectivity index (χ1) is 17.4. The fraction of sp³-hybridized carbons (Fsp3) is 0.143. The van der Waals surface area contributed by atoms with E-state index >= 15 is 4.39 Å². The van der Waals surface area contributed by atoms with E-state index in [1.54, 1.807) is 0 Å². The number of alkyl halides is 6. The normalized spacial score (nSPS) is 12.1. The van der Waals surface area contributed by atoms with Gasteiger partial charge < -0.3 is 24.6 Å². The molecule has 0 spiro atoms. The highest BCUT2D eigenvalue weighted by Gasteiger charge is 2.38. The third-order valence-corrected chi connectivity index (χ3v) is 4.68. The standard InChI is InChI=1S/C21H10B2BrF7N2O5/c22-20(23,35)38-13-8-9(37-21(29,30)31)4-6-11(13)36-12-7-5-10(19(26,27)28)17(25)16(12)18(34)33-15-3-1-2-14(24)32-15/h1-8,35H,(H,32,33,34). The number of aromatic nitrogens is 1. The van der Waals surface area contributed by atoms with Crippen molar-refractivity contribution in [1.29, 1.82) is 0 Å². The summed E-state index contributed by atoms with van der Waals surface area (Å²) in [7, 11) is 10.2. The lowest BCUT2D eigenvalue weighted by atomic mass is 9.76. The minimum absolute atomic E-state index is 0.180. The van der Waals surface area contributed by atoms with Crippen molar-refractivity contribution >= 4 is 43.3 Å². The predicted octanol–water partition coefficient (Wildman–Crippen LogP) is 5.26. The molecule has 38 heavy (non-hydrogen) atoms. The molecule has 2 aromatic carbocycles. The molecule has 0 aliphatic heterocycles. The Morgan fingerprint density at radius 2 is 1.61 bits per heavy atom. The number of pyridine rings is 1. The molecule has 7 nitrogen and oxygen atoms in total. The molecule has 4 radical (unpaired) electrons. The molecular formula is C21H10B2BrF7N2O5. The molecule has 1 amide bonds. The number of hydrogen-bond acceptors (Lipinski definition) is 6. The second kappa shape index (κ2) is 10.7. The molecule has 0 saturated carbocycles. The van der Waals surface area contributed by atoms with E-state index in [-0.39, 0.29) is 16.5 Å². The number of aliphatic hydroxyl groups is 1. The van der Waals surface area contributed by atoms with Gasteiger partial charge in [0.05, 0.1) is 5.56 Å². The van der Waals surface area contributed by atoms with E-state index in [2.05, 4.69) is 31.0 Å². The van der Waals surface area contributed by atoms with Crippen molar-refractivity contribution in [2.45, 2.75) is 18.1 Å². The van der Waals surface area contributed by atoms with E-state index in [1.165, 1.54) is 18.2 Å². The number of rotatable bonds is 7. The second-order valence-corrected chi connectivity index (χ2v) is 8.02. The summed E-state index contributed by atoms with van der Waals surface area (Å²) < 4.78 is 107. The highest BCUT2D eigenvalue weighted by molar-refractivity contribution is 9.10. The van der Waals surface area contributed by atoms with Crippen LogP contribution in [0.3, 0.4) is 0 Å². The summed E-state index contributed by atoms with van der Waals surface area (Å²) in [5.41, 5.74) is -6.05. The first-order valence-electron chi connectivity index (χ1n) is 9.83. The van der Waals surface area contributed by atoms with Crippen LogP contribution >= 0.6 is 15.9 Å². The number of hydrogen-bond donors (Lipinski definition) is 2. The number of carbonyl (C=O) groups is 1. The van der Waals surface area contributed by atoms with Gasteiger partial charge in [-0.1, -0.05) is 6.07 Å². The molecule has 3 rings (SSSR count). The summed E-state index contributed by atoms with van der Waals surface area (Å²) in [6, 6.07) is 6.93. The van der Waals surface area contributed by atoms with Gasteiger partial charge >= 0.3 is 12.5 Å². The van der Waals surface area contributed by atoms with E-state index in [0.717, 1.165) is 6.07 Å². The minimum atomic E-state index is -5.22. The molecule has 0 bridgehead atoms. The maximum atomic E-state index is 15.0.